The van der Waals surface area contributed by atoms with Gasteiger partial charge in [0.15, 0.2) is 0 Å². The highest BCUT2D eigenvalue weighted by Gasteiger charge is 2.12. The van der Waals surface area contributed by atoms with Crippen LogP contribution in [0.4, 0.5) is 0 Å². The van der Waals surface area contributed by atoms with E-state index in [1.54, 1.807) is 6.92 Å². The monoisotopic (exact) mass is 196 g/mol. The van der Waals surface area contributed by atoms with Gasteiger partial charge in [-0.05, 0) is 13.8 Å². The van der Waals surface area contributed by atoms with Gasteiger partial charge in [-0.15, -0.1) is 23.4 Å². The predicted molar refractivity (Wildman–Crippen MR) is 49.3 cm³/mol. The van der Waals surface area contributed by atoms with E-state index in [0.29, 0.717) is 12.5 Å². The fourth-order valence-corrected chi connectivity index (χ4v) is 1.46. The van der Waals surface area contributed by atoms with Crippen molar-refractivity contribution in [3.8, 4) is 0 Å². The standard InChI is InChI=1S/C7H13ClO2S/c1-3-10-7(9)6(2)11-5-4-8/h6H,3-5H2,1-2H3. The van der Waals surface area contributed by atoms with E-state index in [-0.39, 0.29) is 11.2 Å². The van der Waals surface area contributed by atoms with Gasteiger partial charge in [0, 0.05) is 11.6 Å². The number of ether oxygens (including phenoxy) is 1. The number of hydrogen-bond acceptors (Lipinski definition) is 3. The highest BCUT2D eigenvalue weighted by atomic mass is 35.5. The molecule has 0 spiro atoms. The average Bonchev–Trinajstić information content (AvgIpc) is 2.00. The summed E-state index contributed by atoms with van der Waals surface area (Å²) in [6, 6.07) is 0. The summed E-state index contributed by atoms with van der Waals surface area (Å²) in [7, 11) is 0. The minimum atomic E-state index is -0.150. The number of hydrogen-bond donors (Lipinski definition) is 0. The summed E-state index contributed by atoms with van der Waals surface area (Å²) in [5.41, 5.74) is 0. The van der Waals surface area contributed by atoms with Crippen LogP contribution >= 0.6 is 23.4 Å². The second-order valence-electron chi connectivity index (χ2n) is 1.95. The Labute approximate surface area is 76.6 Å². The lowest BCUT2D eigenvalue weighted by molar-refractivity contribution is -0.142. The minimum absolute atomic E-state index is 0.0892. The molecule has 1 atom stereocenters. The van der Waals surface area contributed by atoms with Crippen molar-refractivity contribution in [2.45, 2.75) is 19.1 Å². The molecule has 1 unspecified atom stereocenters. The number of carbonyl (C=O) groups is 1. The molecule has 0 aromatic heterocycles. The first kappa shape index (κ1) is 11.1. The van der Waals surface area contributed by atoms with Crippen molar-refractivity contribution >= 4 is 29.3 Å². The van der Waals surface area contributed by atoms with E-state index >= 15 is 0 Å². The highest BCUT2D eigenvalue weighted by Crippen LogP contribution is 2.11. The first-order valence-corrected chi connectivity index (χ1v) is 5.14. The lowest BCUT2D eigenvalue weighted by Gasteiger charge is -2.08. The number of esters is 1. The average molecular weight is 197 g/mol. The molecule has 2 nitrogen and oxygen atoms in total. The molecule has 0 aromatic rings. The maximum atomic E-state index is 11.0. The van der Waals surface area contributed by atoms with E-state index in [9.17, 15) is 4.79 Å². The molecule has 0 bridgehead atoms. The van der Waals surface area contributed by atoms with E-state index in [2.05, 4.69) is 0 Å². The summed E-state index contributed by atoms with van der Waals surface area (Å²) in [6.45, 7) is 4.08. The van der Waals surface area contributed by atoms with Crippen LogP contribution in [0.3, 0.4) is 0 Å². The predicted octanol–water partition coefficient (Wildman–Crippen LogP) is 1.91. The lowest BCUT2D eigenvalue weighted by Crippen LogP contribution is -2.17. The molecular weight excluding hydrogens is 184 g/mol. The second kappa shape index (κ2) is 6.80. The van der Waals surface area contributed by atoms with Crippen molar-refractivity contribution < 1.29 is 9.53 Å². The molecule has 0 fully saturated rings. The Bertz CT molecular complexity index is 119. The molecule has 0 amide bonds. The van der Waals surface area contributed by atoms with Gasteiger partial charge in [0.05, 0.1) is 11.9 Å². The first-order valence-electron chi connectivity index (χ1n) is 3.56. The van der Waals surface area contributed by atoms with E-state index in [4.69, 9.17) is 16.3 Å². The van der Waals surface area contributed by atoms with Gasteiger partial charge < -0.3 is 4.74 Å². The Morgan fingerprint density at radius 3 is 2.82 bits per heavy atom. The van der Waals surface area contributed by atoms with Gasteiger partial charge in [0.2, 0.25) is 0 Å². The summed E-state index contributed by atoms with van der Waals surface area (Å²) in [5, 5.41) is -0.0892. The van der Waals surface area contributed by atoms with Gasteiger partial charge in [-0.3, -0.25) is 4.79 Å². The van der Waals surface area contributed by atoms with Crippen LogP contribution in [0.25, 0.3) is 0 Å². The number of carbonyl (C=O) groups excluding carboxylic acids is 1. The molecule has 11 heavy (non-hydrogen) atoms. The van der Waals surface area contributed by atoms with Gasteiger partial charge in [0.25, 0.3) is 0 Å². The van der Waals surface area contributed by atoms with E-state index in [0.717, 1.165) is 5.75 Å². The molecule has 0 aromatic carbocycles. The van der Waals surface area contributed by atoms with Gasteiger partial charge in [-0.1, -0.05) is 0 Å². The molecule has 0 heterocycles. The molecule has 4 heteroatoms. The van der Waals surface area contributed by atoms with Crippen molar-refractivity contribution in [3.63, 3.8) is 0 Å². The topological polar surface area (TPSA) is 26.3 Å². The Morgan fingerprint density at radius 2 is 2.36 bits per heavy atom. The Hall–Kier alpha value is 0.110. The van der Waals surface area contributed by atoms with Gasteiger partial charge in [-0.2, -0.15) is 0 Å². The van der Waals surface area contributed by atoms with Crippen LogP contribution in [0.15, 0.2) is 0 Å². The Kier molecular flexibility index (Phi) is 6.87. The zero-order chi connectivity index (χ0) is 8.69. The van der Waals surface area contributed by atoms with Crippen molar-refractivity contribution in [2.24, 2.45) is 0 Å². The first-order chi connectivity index (χ1) is 5.22. The number of thioether (sulfide) groups is 1. The lowest BCUT2D eigenvalue weighted by atomic mass is 10.5. The fraction of sp³-hybridized carbons (Fsp3) is 0.857. The van der Waals surface area contributed by atoms with Gasteiger partial charge >= 0.3 is 5.97 Å². The normalized spacial score (nSPS) is 12.6. The number of alkyl halides is 1. The van der Waals surface area contributed by atoms with Crippen LogP contribution in [0.1, 0.15) is 13.8 Å². The van der Waals surface area contributed by atoms with Crippen LogP contribution in [-0.4, -0.2) is 29.5 Å². The van der Waals surface area contributed by atoms with Crippen LogP contribution in [0.5, 0.6) is 0 Å². The summed E-state index contributed by atoms with van der Waals surface area (Å²) in [5.74, 6) is 1.22. The molecular formula is C7H13ClO2S. The maximum absolute atomic E-state index is 11.0. The minimum Gasteiger partial charge on any atom is -0.465 e. The molecule has 0 aliphatic heterocycles. The molecule has 0 saturated carbocycles. The highest BCUT2D eigenvalue weighted by molar-refractivity contribution is 8.00. The number of rotatable bonds is 5. The summed E-state index contributed by atoms with van der Waals surface area (Å²) in [6.07, 6.45) is 0. The molecule has 66 valence electrons. The van der Waals surface area contributed by atoms with Crippen LogP contribution < -0.4 is 0 Å². The molecule has 0 rings (SSSR count). The molecule has 0 saturated heterocycles. The van der Waals surface area contributed by atoms with Crippen molar-refractivity contribution in [3.05, 3.63) is 0 Å². The quantitative estimate of drug-likeness (QED) is 0.497. The SMILES string of the molecule is CCOC(=O)C(C)SCCCl. The zero-order valence-corrected chi connectivity index (χ0v) is 8.37. The van der Waals surface area contributed by atoms with Crippen molar-refractivity contribution in [1.29, 1.82) is 0 Å². The van der Waals surface area contributed by atoms with Gasteiger partial charge in [0.1, 0.15) is 0 Å². The fourth-order valence-electron chi connectivity index (χ4n) is 0.549. The second-order valence-corrected chi connectivity index (χ2v) is 3.78. The third kappa shape index (κ3) is 5.39. The molecule has 0 aliphatic carbocycles. The van der Waals surface area contributed by atoms with Gasteiger partial charge in [-0.25, -0.2) is 0 Å². The van der Waals surface area contributed by atoms with E-state index in [1.807, 2.05) is 6.92 Å². The zero-order valence-electron chi connectivity index (χ0n) is 6.80. The smallest absolute Gasteiger partial charge is 0.318 e. The summed E-state index contributed by atoms with van der Waals surface area (Å²) in [4.78, 5) is 11.0. The van der Waals surface area contributed by atoms with Crippen LogP contribution in [0, 0.1) is 0 Å². The third-order valence-electron chi connectivity index (χ3n) is 1.06. The molecule has 0 aliphatic rings. The molecule has 0 N–H and O–H groups in total. The largest absolute Gasteiger partial charge is 0.465 e. The van der Waals surface area contributed by atoms with Crippen molar-refractivity contribution in [1.82, 2.24) is 0 Å². The maximum Gasteiger partial charge on any atom is 0.318 e. The summed E-state index contributed by atoms with van der Waals surface area (Å²) >= 11 is 6.97. The summed E-state index contributed by atoms with van der Waals surface area (Å²) < 4.78 is 4.80. The third-order valence-corrected chi connectivity index (χ3v) is 2.61. The van der Waals surface area contributed by atoms with E-state index < -0.39 is 0 Å². The van der Waals surface area contributed by atoms with Crippen LogP contribution in [-0.2, 0) is 9.53 Å². The molecule has 0 radical (unpaired) electrons. The Morgan fingerprint density at radius 1 is 1.73 bits per heavy atom. The Balaban J connectivity index is 3.46. The van der Waals surface area contributed by atoms with Crippen LogP contribution in [0.2, 0.25) is 0 Å². The van der Waals surface area contributed by atoms with E-state index in [1.165, 1.54) is 11.8 Å². The van der Waals surface area contributed by atoms with Crippen molar-refractivity contribution in [2.75, 3.05) is 18.2 Å². The number of halogens is 1.